The van der Waals surface area contributed by atoms with Crippen LogP contribution in [0.15, 0.2) is 41.0 Å². The molecule has 1 N–H and O–H groups in total. The lowest BCUT2D eigenvalue weighted by molar-refractivity contribution is 0.301. The number of hydrogen-bond acceptors (Lipinski definition) is 4. The van der Waals surface area contributed by atoms with Crippen molar-refractivity contribution in [3.05, 3.63) is 47.9 Å². The van der Waals surface area contributed by atoms with Gasteiger partial charge in [0, 0.05) is 31.4 Å². The summed E-state index contributed by atoms with van der Waals surface area (Å²) in [4.78, 5) is 2.05. The van der Waals surface area contributed by atoms with Crippen LogP contribution in [0.2, 0.25) is 0 Å². The van der Waals surface area contributed by atoms with Crippen molar-refractivity contribution in [2.75, 3.05) is 26.0 Å². The highest BCUT2D eigenvalue weighted by atomic mass is 16.5. The van der Waals surface area contributed by atoms with Gasteiger partial charge in [0.25, 0.3) is 0 Å². The summed E-state index contributed by atoms with van der Waals surface area (Å²) in [6, 6.07) is 9.98. The Labute approximate surface area is 114 Å². The van der Waals surface area contributed by atoms with Gasteiger partial charge in [-0.15, -0.1) is 0 Å². The average molecular weight is 260 g/mol. The van der Waals surface area contributed by atoms with E-state index in [1.807, 2.05) is 45.4 Å². The molecule has 0 aliphatic heterocycles. The molecular formula is C15H20N2O2. The Balaban J connectivity index is 2.02. The van der Waals surface area contributed by atoms with Crippen LogP contribution < -0.4 is 15.0 Å². The van der Waals surface area contributed by atoms with Crippen LogP contribution >= 0.6 is 0 Å². The number of benzene rings is 1. The Hall–Kier alpha value is -1.94. The Bertz CT molecular complexity index is 520. The van der Waals surface area contributed by atoms with Crippen LogP contribution in [0.3, 0.4) is 0 Å². The van der Waals surface area contributed by atoms with Crippen LogP contribution in [0.25, 0.3) is 0 Å². The maximum Gasteiger partial charge on any atom is 0.124 e. The molecule has 0 radical (unpaired) electrons. The number of ether oxygens (including phenoxy) is 1. The summed E-state index contributed by atoms with van der Waals surface area (Å²) in [6.45, 7) is 1.23. The fourth-order valence-corrected chi connectivity index (χ4v) is 1.82. The van der Waals surface area contributed by atoms with Crippen molar-refractivity contribution < 1.29 is 9.15 Å². The molecule has 1 aromatic heterocycles. The molecule has 0 fully saturated rings. The lowest BCUT2D eigenvalue weighted by Crippen LogP contribution is -2.09. The predicted molar refractivity (Wildman–Crippen MR) is 76.6 cm³/mol. The molecule has 0 aliphatic rings. The SMILES string of the molecule is CNCc1occc1COc1cccc(N(C)C)c1. The first-order valence-corrected chi connectivity index (χ1v) is 6.30. The molecule has 4 nitrogen and oxygen atoms in total. The molecule has 0 spiro atoms. The monoisotopic (exact) mass is 260 g/mol. The van der Waals surface area contributed by atoms with Crippen molar-refractivity contribution in [3.63, 3.8) is 0 Å². The van der Waals surface area contributed by atoms with Crippen LogP contribution in [0.4, 0.5) is 5.69 Å². The van der Waals surface area contributed by atoms with Gasteiger partial charge in [-0.1, -0.05) is 6.07 Å². The molecule has 19 heavy (non-hydrogen) atoms. The Kier molecular flexibility index (Phi) is 4.47. The van der Waals surface area contributed by atoms with Gasteiger partial charge in [-0.2, -0.15) is 0 Å². The van der Waals surface area contributed by atoms with Crippen LogP contribution in [0, 0.1) is 0 Å². The van der Waals surface area contributed by atoms with Crippen molar-refractivity contribution >= 4 is 5.69 Å². The van der Waals surface area contributed by atoms with E-state index in [2.05, 4.69) is 16.3 Å². The van der Waals surface area contributed by atoms with Crippen molar-refractivity contribution in [1.29, 1.82) is 0 Å². The fourth-order valence-electron chi connectivity index (χ4n) is 1.82. The van der Waals surface area contributed by atoms with Gasteiger partial charge in [0.1, 0.15) is 18.1 Å². The molecule has 0 saturated heterocycles. The van der Waals surface area contributed by atoms with Gasteiger partial charge in [-0.3, -0.25) is 0 Å². The van der Waals surface area contributed by atoms with E-state index in [-0.39, 0.29) is 0 Å². The van der Waals surface area contributed by atoms with Gasteiger partial charge < -0.3 is 19.4 Å². The Morgan fingerprint density at radius 3 is 2.84 bits per heavy atom. The van der Waals surface area contributed by atoms with E-state index < -0.39 is 0 Å². The number of hydrogen-bond donors (Lipinski definition) is 1. The van der Waals surface area contributed by atoms with Gasteiger partial charge in [0.05, 0.1) is 12.8 Å². The molecule has 1 aromatic carbocycles. The predicted octanol–water partition coefficient (Wildman–Crippen LogP) is 2.64. The molecular weight excluding hydrogens is 240 g/mol. The molecule has 0 bridgehead atoms. The van der Waals surface area contributed by atoms with E-state index >= 15 is 0 Å². The van der Waals surface area contributed by atoms with Crippen molar-refractivity contribution in [3.8, 4) is 5.75 Å². The van der Waals surface area contributed by atoms with Crippen LogP contribution in [0.5, 0.6) is 5.75 Å². The van der Waals surface area contributed by atoms with Gasteiger partial charge in [0.2, 0.25) is 0 Å². The van der Waals surface area contributed by atoms with E-state index in [9.17, 15) is 0 Å². The summed E-state index contributed by atoms with van der Waals surface area (Å²) in [5.41, 5.74) is 2.20. The zero-order valence-corrected chi connectivity index (χ0v) is 11.6. The third-order valence-corrected chi connectivity index (χ3v) is 2.90. The first kappa shape index (κ1) is 13.5. The first-order chi connectivity index (χ1) is 9.20. The van der Waals surface area contributed by atoms with E-state index in [1.165, 1.54) is 0 Å². The van der Waals surface area contributed by atoms with Gasteiger partial charge >= 0.3 is 0 Å². The number of rotatable bonds is 6. The highest BCUT2D eigenvalue weighted by molar-refractivity contribution is 5.49. The van der Waals surface area contributed by atoms with Crippen molar-refractivity contribution in [2.45, 2.75) is 13.2 Å². The highest BCUT2D eigenvalue weighted by Gasteiger charge is 2.06. The first-order valence-electron chi connectivity index (χ1n) is 6.30. The number of furan rings is 1. The van der Waals surface area contributed by atoms with Crippen LogP contribution in [-0.4, -0.2) is 21.1 Å². The van der Waals surface area contributed by atoms with Gasteiger partial charge in [-0.05, 0) is 25.2 Å². The van der Waals surface area contributed by atoms with Crippen LogP contribution in [0.1, 0.15) is 11.3 Å². The third-order valence-electron chi connectivity index (χ3n) is 2.90. The molecule has 1 heterocycles. The summed E-state index contributed by atoms with van der Waals surface area (Å²) < 4.78 is 11.2. The van der Waals surface area contributed by atoms with E-state index in [0.29, 0.717) is 13.2 Å². The van der Waals surface area contributed by atoms with Gasteiger partial charge in [0.15, 0.2) is 0 Å². The minimum Gasteiger partial charge on any atom is -0.489 e. The molecule has 0 amide bonds. The highest BCUT2D eigenvalue weighted by Crippen LogP contribution is 2.21. The van der Waals surface area contributed by atoms with E-state index in [1.54, 1.807) is 6.26 Å². The second kappa shape index (κ2) is 6.29. The summed E-state index contributed by atoms with van der Waals surface area (Å²) >= 11 is 0. The molecule has 0 aliphatic carbocycles. The molecule has 0 atom stereocenters. The topological polar surface area (TPSA) is 37.6 Å². The smallest absolute Gasteiger partial charge is 0.124 e. The summed E-state index contributed by atoms with van der Waals surface area (Å²) in [5.74, 6) is 1.79. The maximum absolute atomic E-state index is 5.81. The van der Waals surface area contributed by atoms with Crippen LogP contribution in [-0.2, 0) is 13.2 Å². The Morgan fingerprint density at radius 2 is 2.11 bits per heavy atom. The van der Waals surface area contributed by atoms with Gasteiger partial charge in [-0.25, -0.2) is 0 Å². The largest absolute Gasteiger partial charge is 0.489 e. The second-order valence-corrected chi connectivity index (χ2v) is 4.58. The lowest BCUT2D eigenvalue weighted by atomic mass is 10.2. The molecule has 4 heteroatoms. The normalized spacial score (nSPS) is 10.5. The van der Waals surface area contributed by atoms with Crippen molar-refractivity contribution in [2.24, 2.45) is 0 Å². The molecule has 2 aromatic rings. The van der Waals surface area contributed by atoms with E-state index in [4.69, 9.17) is 9.15 Å². The summed E-state index contributed by atoms with van der Waals surface area (Å²) in [6.07, 6.45) is 1.70. The second-order valence-electron chi connectivity index (χ2n) is 4.58. The molecule has 2 rings (SSSR count). The van der Waals surface area contributed by atoms with E-state index in [0.717, 1.165) is 22.8 Å². The minimum absolute atomic E-state index is 0.518. The molecule has 102 valence electrons. The minimum atomic E-state index is 0.518. The molecule has 0 unspecified atom stereocenters. The lowest BCUT2D eigenvalue weighted by Gasteiger charge is -2.14. The fraction of sp³-hybridized carbons (Fsp3) is 0.333. The number of nitrogens with one attached hydrogen (secondary N) is 1. The number of anilines is 1. The zero-order valence-electron chi connectivity index (χ0n) is 11.6. The Morgan fingerprint density at radius 1 is 1.26 bits per heavy atom. The molecule has 0 saturated carbocycles. The maximum atomic E-state index is 5.81. The summed E-state index contributed by atoms with van der Waals surface area (Å²) in [5, 5.41) is 3.08. The summed E-state index contributed by atoms with van der Waals surface area (Å²) in [7, 11) is 5.92. The average Bonchev–Trinajstić information content (AvgIpc) is 2.85. The standard InChI is InChI=1S/C15H20N2O2/c1-16-10-15-12(7-8-18-15)11-19-14-6-4-5-13(9-14)17(2)3/h4-9,16H,10-11H2,1-3H3. The number of nitrogens with zero attached hydrogens (tertiary/aromatic N) is 1. The zero-order chi connectivity index (χ0) is 13.7. The third kappa shape index (κ3) is 3.51. The quantitative estimate of drug-likeness (QED) is 0.866. The van der Waals surface area contributed by atoms with Crippen molar-refractivity contribution in [1.82, 2.24) is 5.32 Å².